The molecule has 1 N–H and O–H groups in total. The van der Waals surface area contributed by atoms with E-state index >= 15 is 0 Å². The van der Waals surface area contributed by atoms with Gasteiger partial charge in [0.05, 0.1) is 0 Å². The molecule has 0 aliphatic carbocycles. The monoisotopic (exact) mass is 257 g/mol. The summed E-state index contributed by atoms with van der Waals surface area (Å²) in [5, 5.41) is 10.9. The Hall–Kier alpha value is -1.57. The van der Waals surface area contributed by atoms with Crippen molar-refractivity contribution < 1.29 is 5.11 Å². The van der Waals surface area contributed by atoms with Gasteiger partial charge in [0.15, 0.2) is 0 Å². The molecule has 0 unspecified atom stereocenters. The van der Waals surface area contributed by atoms with Gasteiger partial charge in [0.25, 0.3) is 0 Å². The number of unbranched alkanes of at least 4 members (excludes halogenated alkanes) is 5. The second-order valence-electron chi connectivity index (χ2n) is 5.16. The van der Waals surface area contributed by atoms with Crippen LogP contribution in [-0.2, 0) is 6.42 Å². The third kappa shape index (κ3) is 3.69. The molecule has 2 aromatic rings. The van der Waals surface area contributed by atoms with Crippen LogP contribution < -0.4 is 0 Å². The molecule has 0 radical (unpaired) electrons. The highest BCUT2D eigenvalue weighted by Crippen LogP contribution is 2.26. The van der Waals surface area contributed by atoms with Gasteiger partial charge in [-0.1, -0.05) is 51.2 Å². The van der Waals surface area contributed by atoms with Crippen LogP contribution >= 0.6 is 0 Å². The molecule has 1 heterocycles. The molecule has 0 aliphatic heterocycles. The fraction of sp³-hybridized carbons (Fsp3) is 0.471. The van der Waals surface area contributed by atoms with Crippen LogP contribution in [0, 0.1) is 0 Å². The number of aromatic nitrogens is 1. The van der Waals surface area contributed by atoms with E-state index in [1.165, 1.54) is 44.1 Å². The lowest BCUT2D eigenvalue weighted by molar-refractivity contribution is 0.480. The van der Waals surface area contributed by atoms with Crippen molar-refractivity contribution in [3.05, 3.63) is 36.0 Å². The van der Waals surface area contributed by atoms with Crippen LogP contribution in [0.15, 0.2) is 30.5 Å². The Morgan fingerprint density at radius 1 is 1.00 bits per heavy atom. The first-order valence-corrected chi connectivity index (χ1v) is 7.38. The van der Waals surface area contributed by atoms with Crippen LogP contribution in [0.5, 0.6) is 5.75 Å². The van der Waals surface area contributed by atoms with Gasteiger partial charge in [0, 0.05) is 11.6 Å². The van der Waals surface area contributed by atoms with E-state index < -0.39 is 0 Å². The van der Waals surface area contributed by atoms with E-state index in [1.807, 2.05) is 12.1 Å². The maximum absolute atomic E-state index is 9.80. The zero-order valence-corrected chi connectivity index (χ0v) is 11.7. The summed E-state index contributed by atoms with van der Waals surface area (Å²) in [6, 6.07) is 7.79. The minimum absolute atomic E-state index is 0.280. The van der Waals surface area contributed by atoms with Gasteiger partial charge >= 0.3 is 0 Å². The molecule has 0 aliphatic rings. The summed E-state index contributed by atoms with van der Waals surface area (Å²) in [6.07, 6.45) is 10.7. The number of phenols is 1. The van der Waals surface area contributed by atoms with E-state index in [1.54, 1.807) is 12.3 Å². The zero-order valence-electron chi connectivity index (χ0n) is 11.7. The average molecular weight is 257 g/mol. The maximum atomic E-state index is 9.80. The number of benzene rings is 1. The van der Waals surface area contributed by atoms with Crippen molar-refractivity contribution in [2.75, 3.05) is 0 Å². The summed E-state index contributed by atoms with van der Waals surface area (Å²) in [5.74, 6) is 0.280. The third-order valence-electron chi connectivity index (χ3n) is 3.64. The molecule has 19 heavy (non-hydrogen) atoms. The van der Waals surface area contributed by atoms with Crippen LogP contribution in [0.1, 0.15) is 51.0 Å². The average Bonchev–Trinajstić information content (AvgIpc) is 2.45. The van der Waals surface area contributed by atoms with Gasteiger partial charge in [0.2, 0.25) is 0 Å². The molecule has 0 bridgehead atoms. The van der Waals surface area contributed by atoms with E-state index in [2.05, 4.69) is 18.0 Å². The van der Waals surface area contributed by atoms with Gasteiger partial charge < -0.3 is 5.11 Å². The summed E-state index contributed by atoms with van der Waals surface area (Å²) >= 11 is 0. The third-order valence-corrected chi connectivity index (χ3v) is 3.64. The number of pyridine rings is 1. The first kappa shape index (κ1) is 13.9. The van der Waals surface area contributed by atoms with Gasteiger partial charge in [-0.3, -0.25) is 4.98 Å². The summed E-state index contributed by atoms with van der Waals surface area (Å²) in [7, 11) is 0. The Bertz CT molecular complexity index is 522. The molecule has 102 valence electrons. The lowest BCUT2D eigenvalue weighted by Crippen LogP contribution is -1.90. The molecule has 0 saturated carbocycles. The van der Waals surface area contributed by atoms with Crippen molar-refractivity contribution in [3.63, 3.8) is 0 Å². The van der Waals surface area contributed by atoms with Crippen LogP contribution in [0.2, 0.25) is 0 Å². The molecule has 0 saturated heterocycles. The van der Waals surface area contributed by atoms with E-state index in [-0.39, 0.29) is 5.75 Å². The molecule has 2 rings (SSSR count). The molecular weight excluding hydrogens is 234 g/mol. The first-order chi connectivity index (χ1) is 9.33. The van der Waals surface area contributed by atoms with Gasteiger partial charge in [-0.05, 0) is 30.5 Å². The summed E-state index contributed by atoms with van der Waals surface area (Å²) in [4.78, 5) is 4.26. The molecule has 0 amide bonds. The summed E-state index contributed by atoms with van der Waals surface area (Å²) in [5.41, 5.74) is 2.03. The van der Waals surface area contributed by atoms with Crippen LogP contribution in [-0.4, -0.2) is 10.1 Å². The fourth-order valence-electron chi connectivity index (χ4n) is 2.53. The first-order valence-electron chi connectivity index (χ1n) is 7.38. The molecule has 2 heteroatoms. The molecular formula is C17H23NO. The van der Waals surface area contributed by atoms with Crippen LogP contribution in [0.4, 0.5) is 0 Å². The highest BCUT2D eigenvalue weighted by molar-refractivity contribution is 5.87. The number of rotatable bonds is 7. The number of aromatic hydroxyl groups is 1. The van der Waals surface area contributed by atoms with Crippen molar-refractivity contribution in [3.8, 4) is 5.75 Å². The molecule has 0 atom stereocenters. The Labute approximate surface area is 115 Å². The van der Waals surface area contributed by atoms with Crippen LogP contribution in [0.3, 0.4) is 0 Å². The number of fused-ring (bicyclic) bond motifs is 1. The van der Waals surface area contributed by atoms with Gasteiger partial charge in [-0.15, -0.1) is 0 Å². The topological polar surface area (TPSA) is 33.1 Å². The predicted octanol–water partition coefficient (Wildman–Crippen LogP) is 4.84. The normalized spacial score (nSPS) is 11.0. The number of aryl methyl sites for hydroxylation is 1. The van der Waals surface area contributed by atoms with Crippen molar-refractivity contribution in [1.82, 2.24) is 4.98 Å². The van der Waals surface area contributed by atoms with E-state index in [0.29, 0.717) is 0 Å². The predicted molar refractivity (Wildman–Crippen MR) is 80.5 cm³/mol. The minimum atomic E-state index is 0.280. The van der Waals surface area contributed by atoms with E-state index in [9.17, 15) is 5.11 Å². The SMILES string of the molecule is CCCCCCCCc1ccc(O)c2ncccc12. The lowest BCUT2D eigenvalue weighted by Gasteiger charge is -2.07. The Balaban J connectivity index is 1.96. The number of phenolic OH excluding ortho intramolecular Hbond substituents is 1. The number of hydrogen-bond donors (Lipinski definition) is 1. The summed E-state index contributed by atoms with van der Waals surface area (Å²) in [6.45, 7) is 2.25. The highest BCUT2D eigenvalue weighted by atomic mass is 16.3. The quantitative estimate of drug-likeness (QED) is 0.720. The van der Waals surface area contributed by atoms with Crippen molar-refractivity contribution in [2.24, 2.45) is 0 Å². The van der Waals surface area contributed by atoms with Gasteiger partial charge in [-0.25, -0.2) is 0 Å². The van der Waals surface area contributed by atoms with E-state index in [4.69, 9.17) is 0 Å². The Morgan fingerprint density at radius 3 is 2.63 bits per heavy atom. The zero-order chi connectivity index (χ0) is 13.5. The lowest BCUT2D eigenvalue weighted by atomic mass is 10.0. The van der Waals surface area contributed by atoms with Crippen molar-refractivity contribution in [2.45, 2.75) is 51.9 Å². The molecule has 1 aromatic carbocycles. The molecule has 2 nitrogen and oxygen atoms in total. The van der Waals surface area contributed by atoms with Crippen molar-refractivity contribution >= 4 is 10.9 Å². The number of hydrogen-bond acceptors (Lipinski definition) is 2. The minimum Gasteiger partial charge on any atom is -0.506 e. The summed E-state index contributed by atoms with van der Waals surface area (Å²) < 4.78 is 0. The van der Waals surface area contributed by atoms with E-state index in [0.717, 1.165) is 17.3 Å². The standard InChI is InChI=1S/C17H23NO/c1-2-3-4-5-6-7-9-14-11-12-16(19)17-15(14)10-8-13-18-17/h8,10-13,19H,2-7,9H2,1H3. The second kappa shape index (κ2) is 7.13. The Morgan fingerprint density at radius 2 is 1.79 bits per heavy atom. The molecule has 1 aromatic heterocycles. The highest BCUT2D eigenvalue weighted by Gasteiger charge is 2.05. The molecule has 0 spiro atoms. The van der Waals surface area contributed by atoms with Gasteiger partial charge in [-0.2, -0.15) is 0 Å². The maximum Gasteiger partial charge on any atom is 0.141 e. The largest absolute Gasteiger partial charge is 0.506 e. The molecule has 0 fully saturated rings. The smallest absolute Gasteiger partial charge is 0.141 e. The van der Waals surface area contributed by atoms with Crippen LogP contribution in [0.25, 0.3) is 10.9 Å². The Kier molecular flexibility index (Phi) is 5.20. The van der Waals surface area contributed by atoms with Gasteiger partial charge in [0.1, 0.15) is 11.3 Å². The fourth-order valence-corrected chi connectivity index (χ4v) is 2.53. The number of nitrogens with zero attached hydrogens (tertiary/aromatic N) is 1. The second-order valence-corrected chi connectivity index (χ2v) is 5.16. The van der Waals surface area contributed by atoms with Crippen molar-refractivity contribution in [1.29, 1.82) is 0 Å².